The number of anilines is 2. The second-order valence-corrected chi connectivity index (χ2v) is 6.26. The molecule has 3 aromatic rings. The van der Waals surface area contributed by atoms with E-state index in [0.29, 0.717) is 20.9 Å². The second-order valence-electron chi connectivity index (χ2n) is 4.02. The molecule has 20 heavy (non-hydrogen) atoms. The van der Waals surface area contributed by atoms with Crippen LogP contribution >= 0.6 is 33.9 Å². The van der Waals surface area contributed by atoms with Crippen LogP contribution in [-0.2, 0) is 0 Å². The predicted molar refractivity (Wildman–Crippen MR) is 88.9 cm³/mol. The minimum absolute atomic E-state index is 0.241. The van der Waals surface area contributed by atoms with Crippen LogP contribution in [-0.4, -0.2) is 15.9 Å². The maximum Gasteiger partial charge on any atom is 0.268 e. The number of rotatable bonds is 2. The van der Waals surface area contributed by atoms with Gasteiger partial charge in [0.25, 0.3) is 5.91 Å². The molecule has 2 aromatic heterocycles. The first-order valence-corrected chi connectivity index (χ1v) is 7.60. The van der Waals surface area contributed by atoms with Crippen LogP contribution in [0.25, 0.3) is 10.3 Å². The Morgan fingerprint density at radius 3 is 2.85 bits per heavy atom. The first-order chi connectivity index (χ1) is 9.65. The van der Waals surface area contributed by atoms with E-state index in [4.69, 9.17) is 5.73 Å². The summed E-state index contributed by atoms with van der Waals surface area (Å²) in [6.07, 6.45) is 3.15. The number of carbonyl (C=O) groups excluding carboxylic acids is 1. The lowest BCUT2D eigenvalue weighted by Gasteiger charge is -2.04. The van der Waals surface area contributed by atoms with Crippen LogP contribution in [0.1, 0.15) is 9.67 Å². The van der Waals surface area contributed by atoms with Crippen molar-refractivity contribution >= 4 is 61.6 Å². The third-order valence-corrected chi connectivity index (χ3v) is 4.42. The van der Waals surface area contributed by atoms with E-state index in [0.717, 1.165) is 9.26 Å². The molecule has 2 heterocycles. The van der Waals surface area contributed by atoms with Gasteiger partial charge in [-0.05, 0) is 40.8 Å². The fraction of sp³-hybridized carbons (Fsp3) is 0. The summed E-state index contributed by atoms with van der Waals surface area (Å²) in [6.45, 7) is 0. The van der Waals surface area contributed by atoms with Gasteiger partial charge in [0.1, 0.15) is 15.2 Å². The van der Waals surface area contributed by atoms with Crippen LogP contribution in [0.5, 0.6) is 0 Å². The molecular formula is C13H9IN4OS. The number of nitrogens with one attached hydrogen (secondary N) is 1. The van der Waals surface area contributed by atoms with Gasteiger partial charge in [0.15, 0.2) is 0 Å². The van der Waals surface area contributed by atoms with E-state index in [1.54, 1.807) is 12.4 Å². The summed E-state index contributed by atoms with van der Waals surface area (Å²) < 4.78 is 1.05. The van der Waals surface area contributed by atoms with Crippen LogP contribution < -0.4 is 11.1 Å². The molecule has 100 valence electrons. The minimum atomic E-state index is -0.241. The Balaban J connectivity index is 1.95. The number of nitrogens with two attached hydrogens (primary N) is 1. The number of benzene rings is 1. The fourth-order valence-corrected chi connectivity index (χ4v) is 3.23. The zero-order chi connectivity index (χ0) is 14.1. The zero-order valence-corrected chi connectivity index (χ0v) is 13.1. The Kier molecular flexibility index (Phi) is 3.53. The molecule has 0 aliphatic heterocycles. The van der Waals surface area contributed by atoms with E-state index < -0.39 is 0 Å². The number of halogens is 1. The monoisotopic (exact) mass is 396 g/mol. The van der Waals surface area contributed by atoms with Crippen molar-refractivity contribution in [3.8, 4) is 0 Å². The molecule has 0 saturated carbocycles. The van der Waals surface area contributed by atoms with Crippen LogP contribution in [0.3, 0.4) is 0 Å². The number of amides is 1. The van der Waals surface area contributed by atoms with Crippen molar-refractivity contribution in [2.24, 2.45) is 0 Å². The Morgan fingerprint density at radius 1 is 1.30 bits per heavy atom. The molecular weight excluding hydrogens is 387 g/mol. The van der Waals surface area contributed by atoms with E-state index in [2.05, 4.69) is 37.9 Å². The van der Waals surface area contributed by atoms with Gasteiger partial charge in [0, 0.05) is 21.7 Å². The third-order valence-electron chi connectivity index (χ3n) is 2.65. The summed E-state index contributed by atoms with van der Waals surface area (Å²) in [5, 5.41) is 2.83. The van der Waals surface area contributed by atoms with Crippen molar-refractivity contribution in [2.45, 2.75) is 0 Å². The van der Waals surface area contributed by atoms with Gasteiger partial charge >= 0.3 is 0 Å². The summed E-state index contributed by atoms with van der Waals surface area (Å²) in [5.41, 5.74) is 7.66. The first-order valence-electron chi connectivity index (χ1n) is 5.71. The normalized spacial score (nSPS) is 10.7. The summed E-state index contributed by atoms with van der Waals surface area (Å²) >= 11 is 3.43. The van der Waals surface area contributed by atoms with E-state index in [1.807, 2.05) is 24.3 Å². The average Bonchev–Trinajstić information content (AvgIpc) is 2.77. The van der Waals surface area contributed by atoms with Gasteiger partial charge < -0.3 is 11.1 Å². The van der Waals surface area contributed by atoms with Crippen LogP contribution in [0.15, 0.2) is 36.7 Å². The lowest BCUT2D eigenvalue weighted by molar-refractivity contribution is 0.103. The van der Waals surface area contributed by atoms with Gasteiger partial charge in [-0.25, -0.2) is 9.97 Å². The van der Waals surface area contributed by atoms with Crippen molar-refractivity contribution < 1.29 is 4.79 Å². The fourth-order valence-electron chi connectivity index (χ4n) is 1.77. The summed E-state index contributed by atoms with van der Waals surface area (Å²) in [6, 6.07) is 7.56. The predicted octanol–water partition coefficient (Wildman–Crippen LogP) is 3.13. The Labute approximate surface area is 132 Å². The van der Waals surface area contributed by atoms with Gasteiger partial charge in [-0.15, -0.1) is 11.3 Å². The van der Waals surface area contributed by atoms with Gasteiger partial charge in [0.2, 0.25) is 0 Å². The zero-order valence-electron chi connectivity index (χ0n) is 10.1. The smallest absolute Gasteiger partial charge is 0.268 e. The molecule has 0 bridgehead atoms. The summed E-state index contributed by atoms with van der Waals surface area (Å²) in [5.74, 6) is -0.241. The number of aromatic nitrogens is 2. The SMILES string of the molecule is Nc1c(C(=O)Nc2cccc(I)c2)sc2nccnc12. The molecule has 5 nitrogen and oxygen atoms in total. The molecule has 0 spiro atoms. The Hall–Kier alpha value is -1.74. The maximum atomic E-state index is 12.3. The highest BCUT2D eigenvalue weighted by Gasteiger charge is 2.17. The quantitative estimate of drug-likeness (QED) is 0.653. The number of hydrogen-bond acceptors (Lipinski definition) is 5. The molecule has 0 saturated heterocycles. The maximum absolute atomic E-state index is 12.3. The molecule has 0 aliphatic rings. The van der Waals surface area contributed by atoms with E-state index in [9.17, 15) is 4.79 Å². The highest BCUT2D eigenvalue weighted by Crippen LogP contribution is 2.31. The number of nitrogen functional groups attached to an aromatic ring is 1. The standard InChI is InChI=1S/C13H9IN4OS/c14-7-2-1-3-8(6-7)18-12(19)11-9(15)10-13(20-11)17-5-4-16-10/h1-6H,15H2,(H,18,19). The number of thiophene rings is 1. The number of fused-ring (bicyclic) bond motifs is 1. The molecule has 0 radical (unpaired) electrons. The molecule has 0 fully saturated rings. The molecule has 0 atom stereocenters. The largest absolute Gasteiger partial charge is 0.396 e. The molecule has 1 aromatic carbocycles. The lowest BCUT2D eigenvalue weighted by atomic mass is 10.3. The van der Waals surface area contributed by atoms with Crippen LogP contribution in [0.4, 0.5) is 11.4 Å². The van der Waals surface area contributed by atoms with E-state index in [1.165, 1.54) is 11.3 Å². The van der Waals surface area contributed by atoms with Gasteiger partial charge in [-0.3, -0.25) is 4.79 Å². The number of hydrogen-bond donors (Lipinski definition) is 2. The summed E-state index contributed by atoms with van der Waals surface area (Å²) in [4.78, 5) is 21.7. The molecule has 1 amide bonds. The van der Waals surface area contributed by atoms with Gasteiger partial charge in [-0.2, -0.15) is 0 Å². The van der Waals surface area contributed by atoms with Crippen molar-refractivity contribution in [1.82, 2.24) is 9.97 Å². The van der Waals surface area contributed by atoms with Crippen molar-refractivity contribution in [3.05, 3.63) is 45.1 Å². The minimum Gasteiger partial charge on any atom is -0.396 e. The molecule has 3 rings (SSSR count). The Bertz CT molecular complexity index is 802. The topological polar surface area (TPSA) is 80.9 Å². The Morgan fingerprint density at radius 2 is 2.10 bits per heavy atom. The lowest BCUT2D eigenvalue weighted by Crippen LogP contribution is -2.12. The van der Waals surface area contributed by atoms with Gasteiger partial charge in [-0.1, -0.05) is 6.07 Å². The summed E-state index contributed by atoms with van der Waals surface area (Å²) in [7, 11) is 0. The molecule has 0 aliphatic carbocycles. The molecule has 3 N–H and O–H groups in total. The van der Waals surface area contributed by atoms with E-state index in [-0.39, 0.29) is 5.91 Å². The van der Waals surface area contributed by atoms with Crippen molar-refractivity contribution in [1.29, 1.82) is 0 Å². The number of carbonyl (C=O) groups is 1. The second kappa shape index (κ2) is 5.33. The van der Waals surface area contributed by atoms with Crippen molar-refractivity contribution in [2.75, 3.05) is 11.1 Å². The first kappa shape index (κ1) is 13.3. The van der Waals surface area contributed by atoms with Crippen molar-refractivity contribution in [3.63, 3.8) is 0 Å². The number of nitrogens with zero attached hydrogens (tertiary/aromatic N) is 2. The average molecular weight is 396 g/mol. The third kappa shape index (κ3) is 2.46. The van der Waals surface area contributed by atoms with Crippen LogP contribution in [0.2, 0.25) is 0 Å². The highest BCUT2D eigenvalue weighted by molar-refractivity contribution is 14.1. The van der Waals surface area contributed by atoms with Crippen LogP contribution in [0, 0.1) is 3.57 Å². The highest BCUT2D eigenvalue weighted by atomic mass is 127. The molecule has 7 heteroatoms. The van der Waals surface area contributed by atoms with Gasteiger partial charge in [0.05, 0.1) is 5.69 Å². The van der Waals surface area contributed by atoms with E-state index >= 15 is 0 Å². The molecule has 0 unspecified atom stereocenters.